The maximum Gasteiger partial charge on any atom is 0.264 e. The zero-order valence-corrected chi connectivity index (χ0v) is 21.8. The fourth-order valence-corrected chi connectivity index (χ4v) is 6.32. The van der Waals surface area contributed by atoms with Gasteiger partial charge in [0, 0.05) is 36.8 Å². The van der Waals surface area contributed by atoms with Gasteiger partial charge in [-0.1, -0.05) is 29.3 Å². The van der Waals surface area contributed by atoms with Gasteiger partial charge in [-0.15, -0.1) is 0 Å². The van der Waals surface area contributed by atoms with E-state index in [0.717, 1.165) is 55.1 Å². The number of likely N-dealkylation sites (tertiary alicyclic amines) is 1. The van der Waals surface area contributed by atoms with E-state index in [1.165, 1.54) is 0 Å². The van der Waals surface area contributed by atoms with Crippen LogP contribution in [-0.4, -0.2) is 46.7 Å². The fraction of sp³-hybridized carbons (Fsp3) is 0.333. The predicted molar refractivity (Wildman–Crippen MR) is 140 cm³/mol. The Morgan fingerprint density at radius 3 is 2.03 bits per heavy atom. The van der Waals surface area contributed by atoms with Crippen LogP contribution < -0.4 is 13.8 Å². The number of benzene rings is 3. The minimum Gasteiger partial charge on any atom is -0.497 e. The molecule has 0 spiro atoms. The van der Waals surface area contributed by atoms with Crippen LogP contribution in [0.2, 0.25) is 5.02 Å². The SMILES string of the molecule is COc1cc(CN2CCC(N(c3ccc(C)cc3)S(=O)(=O)c3ccc(Cl)cc3)CC2)cc(OC)c1. The lowest BCUT2D eigenvalue weighted by molar-refractivity contribution is 0.206. The van der Waals surface area contributed by atoms with Crippen LogP contribution in [-0.2, 0) is 16.6 Å². The second-order valence-corrected chi connectivity index (χ2v) is 11.1. The van der Waals surface area contributed by atoms with Gasteiger partial charge >= 0.3 is 0 Å². The monoisotopic (exact) mass is 514 g/mol. The van der Waals surface area contributed by atoms with Gasteiger partial charge in [-0.2, -0.15) is 0 Å². The quantitative estimate of drug-likeness (QED) is 0.396. The van der Waals surface area contributed by atoms with E-state index in [-0.39, 0.29) is 10.9 Å². The van der Waals surface area contributed by atoms with Gasteiger partial charge in [0.25, 0.3) is 10.0 Å². The molecular weight excluding hydrogens is 484 g/mol. The summed E-state index contributed by atoms with van der Waals surface area (Å²) in [6, 6.07) is 19.8. The number of methoxy groups -OCH3 is 2. The summed E-state index contributed by atoms with van der Waals surface area (Å²) in [5.74, 6) is 1.52. The average Bonchev–Trinajstić information content (AvgIpc) is 2.86. The van der Waals surface area contributed by atoms with Crippen molar-refractivity contribution in [2.45, 2.75) is 37.2 Å². The van der Waals surface area contributed by atoms with E-state index in [2.05, 4.69) is 4.90 Å². The fourth-order valence-electron chi connectivity index (χ4n) is 4.49. The van der Waals surface area contributed by atoms with Crippen LogP contribution in [0, 0.1) is 6.92 Å². The zero-order chi connectivity index (χ0) is 25.0. The highest BCUT2D eigenvalue weighted by Gasteiger charge is 2.34. The Labute approximate surface area is 213 Å². The standard InChI is InChI=1S/C27H31ClN2O4S/c1-20-4-8-23(9-5-20)30(35(31,32)27-10-6-22(28)7-11-27)24-12-14-29(15-13-24)19-21-16-25(33-2)18-26(17-21)34-3/h4-11,16-18,24H,12-15,19H2,1-3H3. The third-order valence-electron chi connectivity index (χ3n) is 6.37. The Balaban J connectivity index is 1.55. The molecule has 1 fully saturated rings. The predicted octanol–water partition coefficient (Wildman–Crippen LogP) is 5.53. The zero-order valence-electron chi connectivity index (χ0n) is 20.3. The number of piperidine rings is 1. The highest BCUT2D eigenvalue weighted by atomic mass is 35.5. The number of halogens is 1. The maximum absolute atomic E-state index is 13.8. The average molecular weight is 515 g/mol. The van der Waals surface area contributed by atoms with Crippen molar-refractivity contribution in [2.75, 3.05) is 31.6 Å². The van der Waals surface area contributed by atoms with Crippen LogP contribution in [0.3, 0.4) is 0 Å². The van der Waals surface area contributed by atoms with Crippen LogP contribution in [0.25, 0.3) is 0 Å². The van der Waals surface area contributed by atoms with E-state index in [1.807, 2.05) is 49.4 Å². The minimum atomic E-state index is -3.75. The third-order valence-corrected chi connectivity index (χ3v) is 8.51. The summed E-state index contributed by atoms with van der Waals surface area (Å²) < 4.78 is 40.0. The molecule has 0 saturated carbocycles. The molecule has 3 aromatic carbocycles. The van der Waals surface area contributed by atoms with Gasteiger partial charge in [-0.3, -0.25) is 9.21 Å². The van der Waals surface area contributed by atoms with Gasteiger partial charge in [-0.25, -0.2) is 8.42 Å². The molecule has 35 heavy (non-hydrogen) atoms. The first-order chi connectivity index (χ1) is 16.8. The summed E-state index contributed by atoms with van der Waals surface area (Å²) in [5.41, 5.74) is 2.87. The third kappa shape index (κ3) is 5.92. The highest BCUT2D eigenvalue weighted by Crippen LogP contribution is 2.32. The maximum atomic E-state index is 13.8. The number of hydrogen-bond donors (Lipinski definition) is 0. The summed E-state index contributed by atoms with van der Waals surface area (Å²) in [6.07, 6.45) is 1.45. The second kappa shape index (κ2) is 10.9. The van der Waals surface area contributed by atoms with Gasteiger partial charge < -0.3 is 9.47 Å². The Morgan fingerprint density at radius 2 is 1.49 bits per heavy atom. The van der Waals surface area contributed by atoms with E-state index >= 15 is 0 Å². The molecule has 0 amide bonds. The first-order valence-electron chi connectivity index (χ1n) is 11.6. The Morgan fingerprint density at radius 1 is 0.914 bits per heavy atom. The van der Waals surface area contributed by atoms with Gasteiger partial charge in [0.1, 0.15) is 11.5 Å². The number of hydrogen-bond acceptors (Lipinski definition) is 5. The Bertz CT molecular complexity index is 1220. The van der Waals surface area contributed by atoms with Crippen molar-refractivity contribution in [1.82, 2.24) is 4.90 Å². The Hall–Kier alpha value is -2.74. The molecule has 1 saturated heterocycles. The molecule has 186 valence electrons. The normalized spacial score (nSPS) is 15.1. The van der Waals surface area contributed by atoms with E-state index in [4.69, 9.17) is 21.1 Å². The number of anilines is 1. The van der Waals surface area contributed by atoms with Crippen LogP contribution >= 0.6 is 11.6 Å². The van der Waals surface area contributed by atoms with Gasteiger partial charge in [0.05, 0.1) is 24.8 Å². The van der Waals surface area contributed by atoms with Crippen molar-refractivity contribution >= 4 is 27.3 Å². The first-order valence-corrected chi connectivity index (χ1v) is 13.4. The van der Waals surface area contributed by atoms with Crippen molar-refractivity contribution < 1.29 is 17.9 Å². The molecule has 8 heteroatoms. The van der Waals surface area contributed by atoms with Gasteiger partial charge in [-0.05, 0) is 73.9 Å². The highest BCUT2D eigenvalue weighted by molar-refractivity contribution is 7.92. The molecule has 1 aliphatic heterocycles. The first kappa shape index (κ1) is 25.4. The topological polar surface area (TPSA) is 59.1 Å². The number of sulfonamides is 1. The summed E-state index contributed by atoms with van der Waals surface area (Å²) in [7, 11) is -0.467. The molecule has 1 heterocycles. The number of rotatable bonds is 8. The molecule has 3 aromatic rings. The summed E-state index contributed by atoms with van der Waals surface area (Å²) in [5, 5.41) is 0.508. The lowest BCUT2D eigenvalue weighted by Gasteiger charge is -2.39. The van der Waals surface area contributed by atoms with Crippen LogP contribution in [0.15, 0.2) is 71.6 Å². The second-order valence-electron chi connectivity index (χ2n) is 8.82. The van der Waals surface area contributed by atoms with Crippen molar-refractivity contribution in [2.24, 2.45) is 0 Å². The summed E-state index contributed by atoms with van der Waals surface area (Å²) in [4.78, 5) is 2.58. The van der Waals surface area contributed by atoms with Gasteiger partial charge in [0.15, 0.2) is 0 Å². The molecular formula is C27H31ClN2O4S. The molecule has 0 radical (unpaired) electrons. The molecule has 0 atom stereocenters. The lowest BCUT2D eigenvalue weighted by atomic mass is 10.0. The van der Waals surface area contributed by atoms with E-state index in [0.29, 0.717) is 10.7 Å². The number of nitrogens with zero attached hydrogens (tertiary/aromatic N) is 2. The number of aryl methyl sites for hydroxylation is 1. The lowest BCUT2D eigenvalue weighted by Crippen LogP contribution is -2.47. The van der Waals surface area contributed by atoms with Crippen molar-refractivity contribution in [3.8, 4) is 11.5 Å². The molecule has 0 N–H and O–H groups in total. The van der Waals surface area contributed by atoms with Crippen LogP contribution in [0.1, 0.15) is 24.0 Å². The van der Waals surface area contributed by atoms with E-state index in [1.54, 1.807) is 42.8 Å². The molecule has 0 aliphatic carbocycles. The molecule has 0 bridgehead atoms. The largest absolute Gasteiger partial charge is 0.497 e. The molecule has 4 rings (SSSR count). The molecule has 6 nitrogen and oxygen atoms in total. The smallest absolute Gasteiger partial charge is 0.264 e. The van der Waals surface area contributed by atoms with Crippen LogP contribution in [0.5, 0.6) is 11.5 Å². The van der Waals surface area contributed by atoms with Crippen molar-refractivity contribution in [3.05, 3.63) is 82.9 Å². The Kier molecular flexibility index (Phi) is 7.89. The minimum absolute atomic E-state index is 0.144. The molecule has 0 aromatic heterocycles. The molecule has 1 aliphatic rings. The summed E-state index contributed by atoms with van der Waals surface area (Å²) >= 11 is 6.02. The van der Waals surface area contributed by atoms with E-state index in [9.17, 15) is 8.42 Å². The van der Waals surface area contributed by atoms with Gasteiger partial charge in [0.2, 0.25) is 0 Å². The van der Waals surface area contributed by atoms with Crippen LogP contribution in [0.4, 0.5) is 5.69 Å². The van der Waals surface area contributed by atoms with E-state index < -0.39 is 10.0 Å². The van der Waals surface area contributed by atoms with Crippen molar-refractivity contribution in [1.29, 1.82) is 0 Å². The van der Waals surface area contributed by atoms with Crippen molar-refractivity contribution in [3.63, 3.8) is 0 Å². The molecule has 0 unspecified atom stereocenters. The summed E-state index contributed by atoms with van der Waals surface area (Å²) in [6.45, 7) is 4.30. The number of ether oxygens (including phenoxy) is 2.